The molecule has 8 N–H and O–H groups in total. The fourth-order valence-corrected chi connectivity index (χ4v) is 5.76. The molecular weight excluding hydrogens is 594 g/mol. The third-order valence-electron chi connectivity index (χ3n) is 6.00. The number of aromatic nitrogens is 3. The standard InChI is InChI=1S/C23H25N9O8S2/c1-9(33)27-11-5-31(8-26-16(11)24)4-10-6-41-19-14(18(35)32(19)15(10)20(36)37)29-17(34)13(12-7-42-22(25)28-12)30-40-23(2,3)21(38)39/h5,7-8,14,19,24H,4,6H2,1-3H3,(H6,25,27,28,29,33,34,36,37,38,39)/p+1/b30-13-/t14-,19?/m1/s1. The lowest BCUT2D eigenvalue weighted by Gasteiger charge is -2.49. The number of oxime groups is 1. The van der Waals surface area contributed by atoms with Gasteiger partial charge in [-0.25, -0.2) is 19.1 Å². The Bertz CT molecular complexity index is 1550. The van der Waals surface area contributed by atoms with E-state index in [2.05, 4.69) is 25.8 Å². The highest BCUT2D eigenvalue weighted by Crippen LogP contribution is 2.40. The number of nitrogens with zero attached hydrogens (tertiary/aromatic N) is 5. The van der Waals surface area contributed by atoms with Gasteiger partial charge in [-0.3, -0.25) is 19.3 Å². The molecule has 4 rings (SSSR count). The van der Waals surface area contributed by atoms with Crippen LogP contribution in [0.2, 0.25) is 0 Å². The van der Waals surface area contributed by atoms with Crippen LogP contribution in [0.15, 0.2) is 34.3 Å². The summed E-state index contributed by atoms with van der Waals surface area (Å²) in [5.41, 5.74) is 9.65. The first-order valence-electron chi connectivity index (χ1n) is 12.0. The van der Waals surface area contributed by atoms with Crippen LogP contribution in [0, 0.1) is 0 Å². The van der Waals surface area contributed by atoms with Crippen molar-refractivity contribution in [3.8, 4) is 0 Å². The number of aliphatic carboxylic acids is 2. The monoisotopic (exact) mass is 620 g/mol. The molecule has 222 valence electrons. The second-order valence-electron chi connectivity index (χ2n) is 9.56. The molecule has 2 aliphatic heterocycles. The van der Waals surface area contributed by atoms with Crippen molar-refractivity contribution in [1.29, 1.82) is 0 Å². The quantitative estimate of drug-likeness (QED) is 0.0805. The van der Waals surface area contributed by atoms with E-state index in [0.29, 0.717) is 5.57 Å². The maximum atomic E-state index is 13.2. The van der Waals surface area contributed by atoms with E-state index in [1.165, 1.54) is 55.0 Å². The van der Waals surface area contributed by atoms with Crippen LogP contribution in [0.3, 0.4) is 0 Å². The molecule has 2 atom stereocenters. The van der Waals surface area contributed by atoms with Crippen molar-refractivity contribution < 1.29 is 43.6 Å². The Kier molecular flexibility index (Phi) is 8.34. The van der Waals surface area contributed by atoms with E-state index in [0.717, 1.165) is 16.2 Å². The molecule has 0 spiro atoms. The van der Waals surface area contributed by atoms with Gasteiger partial charge in [0, 0.05) is 23.6 Å². The van der Waals surface area contributed by atoms with E-state index in [1.54, 1.807) is 0 Å². The number of carboxylic acids is 2. The number of fused-ring (bicyclic) bond motifs is 1. The minimum Gasteiger partial charge on any atom is -0.478 e. The van der Waals surface area contributed by atoms with E-state index in [-0.39, 0.29) is 46.2 Å². The predicted molar refractivity (Wildman–Crippen MR) is 149 cm³/mol. The molecule has 1 unspecified atom stereocenters. The Labute approximate surface area is 245 Å². The third kappa shape index (κ3) is 6.10. The zero-order valence-corrected chi connectivity index (χ0v) is 24.0. The van der Waals surface area contributed by atoms with Crippen molar-refractivity contribution in [2.45, 2.75) is 44.3 Å². The van der Waals surface area contributed by atoms with E-state index >= 15 is 0 Å². The molecule has 1 saturated heterocycles. The van der Waals surface area contributed by atoms with Gasteiger partial charge in [0.05, 0.1) is 0 Å². The largest absolute Gasteiger partial charge is 0.478 e. The Morgan fingerprint density at radius 2 is 2.00 bits per heavy atom. The summed E-state index contributed by atoms with van der Waals surface area (Å²) in [5, 5.41) is 28.8. The first-order chi connectivity index (χ1) is 19.7. The number of carbonyl (C=O) groups is 5. The SMILES string of the molecule is CC(=O)Nc1c[n+](CC2=C(C(=O)O)N3C(=O)[C@@H](NC(=O)/C(=N\OC(C)(C)C(=O)O)c4csc(N)n4)C3SC2)cnc1N. The van der Waals surface area contributed by atoms with E-state index in [4.69, 9.17) is 16.3 Å². The summed E-state index contributed by atoms with van der Waals surface area (Å²) in [7, 11) is 0. The second kappa shape index (κ2) is 11.6. The van der Waals surface area contributed by atoms with Gasteiger partial charge in [0.1, 0.15) is 35.5 Å². The molecule has 42 heavy (non-hydrogen) atoms. The number of hydrogen-bond acceptors (Lipinski definition) is 13. The highest BCUT2D eigenvalue weighted by atomic mass is 32.2. The Morgan fingerprint density at radius 3 is 2.60 bits per heavy atom. The Morgan fingerprint density at radius 1 is 1.29 bits per heavy atom. The van der Waals surface area contributed by atoms with Gasteiger partial charge in [0.15, 0.2) is 16.5 Å². The molecule has 17 nitrogen and oxygen atoms in total. The van der Waals surface area contributed by atoms with Crippen LogP contribution in [0.5, 0.6) is 0 Å². The van der Waals surface area contributed by atoms with Gasteiger partial charge >= 0.3 is 11.9 Å². The van der Waals surface area contributed by atoms with Crippen LogP contribution in [0.4, 0.5) is 16.6 Å². The molecule has 2 aromatic heterocycles. The molecule has 0 aromatic carbocycles. The highest BCUT2D eigenvalue weighted by Gasteiger charge is 2.54. The van der Waals surface area contributed by atoms with Crippen LogP contribution >= 0.6 is 23.1 Å². The topological polar surface area (TPSA) is 256 Å². The van der Waals surface area contributed by atoms with E-state index in [9.17, 15) is 34.2 Å². The number of nitrogens with two attached hydrogens (primary N) is 2. The number of rotatable bonds is 10. The average molecular weight is 621 g/mol. The molecule has 2 aliphatic rings. The second-order valence-corrected chi connectivity index (χ2v) is 11.6. The number of thioether (sulfide) groups is 1. The minimum atomic E-state index is -1.78. The summed E-state index contributed by atoms with van der Waals surface area (Å²) in [6, 6.07) is -1.12. The van der Waals surface area contributed by atoms with Gasteiger partial charge in [-0.05, 0) is 18.8 Å². The van der Waals surface area contributed by atoms with Gasteiger partial charge in [-0.1, -0.05) is 5.16 Å². The van der Waals surface area contributed by atoms with Crippen LogP contribution in [-0.4, -0.2) is 83.2 Å². The number of anilines is 3. The molecule has 0 bridgehead atoms. The fraction of sp³-hybridized carbons (Fsp3) is 0.348. The lowest BCUT2D eigenvalue weighted by Crippen LogP contribution is -2.71. The summed E-state index contributed by atoms with van der Waals surface area (Å²) >= 11 is 2.23. The number of carbonyl (C=O) groups excluding carboxylic acids is 3. The normalized spacial score (nSPS) is 18.6. The number of thiazole rings is 1. The number of β-lactam (4-membered cyclic amide) rings is 1. The van der Waals surface area contributed by atoms with E-state index in [1.807, 2.05) is 0 Å². The molecule has 2 aromatic rings. The van der Waals surface area contributed by atoms with E-state index < -0.39 is 46.5 Å². The first kappa shape index (κ1) is 30.2. The molecular formula is C23H26N9O8S2+. The molecule has 3 amide bonds. The molecule has 0 aliphatic carbocycles. The van der Waals surface area contributed by atoms with Crippen molar-refractivity contribution in [1.82, 2.24) is 20.2 Å². The van der Waals surface area contributed by atoms with Gasteiger partial charge in [-0.2, -0.15) is 0 Å². The summed E-state index contributed by atoms with van der Waals surface area (Å²) in [5.74, 6) is -4.37. The maximum absolute atomic E-state index is 13.2. The fourth-order valence-electron chi connectivity index (χ4n) is 3.88. The highest BCUT2D eigenvalue weighted by molar-refractivity contribution is 8.00. The molecule has 0 radical (unpaired) electrons. The van der Waals surface area contributed by atoms with Crippen LogP contribution in [0.1, 0.15) is 26.5 Å². The average Bonchev–Trinajstić information content (AvgIpc) is 3.34. The van der Waals surface area contributed by atoms with Gasteiger partial charge in [0.2, 0.25) is 11.5 Å². The van der Waals surface area contributed by atoms with Crippen LogP contribution < -0.4 is 26.7 Å². The van der Waals surface area contributed by atoms with Crippen LogP contribution in [0.25, 0.3) is 0 Å². The molecule has 4 heterocycles. The summed E-state index contributed by atoms with van der Waals surface area (Å²) < 4.78 is 1.52. The third-order valence-corrected chi connectivity index (χ3v) is 8.01. The van der Waals surface area contributed by atoms with Gasteiger partial charge in [0.25, 0.3) is 24.0 Å². The first-order valence-corrected chi connectivity index (χ1v) is 14.0. The zero-order valence-electron chi connectivity index (χ0n) is 22.4. The lowest BCUT2D eigenvalue weighted by molar-refractivity contribution is -0.691. The Balaban J connectivity index is 1.56. The number of hydrogen-bond donors (Lipinski definition) is 6. The molecule has 1 fully saturated rings. The van der Waals surface area contributed by atoms with Crippen molar-refractivity contribution in [2.75, 3.05) is 22.5 Å². The number of amides is 3. The number of nitrogens with one attached hydrogen (secondary N) is 2. The minimum absolute atomic E-state index is 0.00251. The summed E-state index contributed by atoms with van der Waals surface area (Å²) in [6.07, 6.45) is 2.86. The summed E-state index contributed by atoms with van der Waals surface area (Å²) in [4.78, 5) is 75.7. The number of nitrogen functional groups attached to an aromatic ring is 2. The zero-order chi connectivity index (χ0) is 30.9. The van der Waals surface area contributed by atoms with Crippen molar-refractivity contribution in [3.63, 3.8) is 0 Å². The van der Waals surface area contributed by atoms with Crippen LogP contribution in [-0.2, 0) is 35.4 Å². The van der Waals surface area contributed by atoms with Crippen molar-refractivity contribution >= 4 is 75.1 Å². The maximum Gasteiger partial charge on any atom is 0.352 e. The lowest BCUT2D eigenvalue weighted by atomic mass is 10.0. The Hall–Kier alpha value is -4.78. The van der Waals surface area contributed by atoms with Crippen molar-refractivity contribution in [2.24, 2.45) is 5.16 Å². The molecule has 19 heteroatoms. The smallest absolute Gasteiger partial charge is 0.352 e. The van der Waals surface area contributed by atoms with Gasteiger partial charge < -0.3 is 37.2 Å². The van der Waals surface area contributed by atoms with Gasteiger partial charge in [-0.15, -0.1) is 23.1 Å². The van der Waals surface area contributed by atoms with Crippen molar-refractivity contribution in [3.05, 3.63) is 34.9 Å². The molecule has 0 saturated carbocycles. The predicted octanol–water partition coefficient (Wildman–Crippen LogP) is -1.03. The number of carboxylic acid groups (broad SMARTS) is 2. The summed E-state index contributed by atoms with van der Waals surface area (Å²) in [6.45, 7) is 3.79.